The summed E-state index contributed by atoms with van der Waals surface area (Å²) in [6, 6.07) is 10.1. The fraction of sp³-hybridized carbons (Fsp3) is 0.353. The standard InChI is InChI=1S/C17H22O2/c1-4-5-7-12-16(13-14(2)17(18)19-3)15-10-8-6-9-11-15/h6,8-12H,2,4-5,7,13H2,1,3H3/b16-12-. The van der Waals surface area contributed by atoms with Crippen molar-refractivity contribution in [3.63, 3.8) is 0 Å². The van der Waals surface area contributed by atoms with E-state index in [1.165, 1.54) is 7.11 Å². The maximum Gasteiger partial charge on any atom is 0.333 e. The minimum atomic E-state index is -0.336. The minimum absolute atomic E-state index is 0.336. The highest BCUT2D eigenvalue weighted by atomic mass is 16.5. The molecule has 0 fully saturated rings. The predicted octanol–water partition coefficient (Wildman–Crippen LogP) is 4.38. The lowest BCUT2D eigenvalue weighted by Gasteiger charge is -2.09. The van der Waals surface area contributed by atoms with Crippen LogP contribution < -0.4 is 0 Å². The summed E-state index contributed by atoms with van der Waals surface area (Å²) < 4.78 is 4.71. The number of unbranched alkanes of at least 4 members (excludes halogenated alkanes) is 2. The molecular weight excluding hydrogens is 236 g/mol. The van der Waals surface area contributed by atoms with E-state index in [9.17, 15) is 4.79 Å². The number of hydrogen-bond donors (Lipinski definition) is 0. The van der Waals surface area contributed by atoms with Crippen molar-refractivity contribution in [2.24, 2.45) is 0 Å². The van der Waals surface area contributed by atoms with Gasteiger partial charge in [-0.2, -0.15) is 0 Å². The number of methoxy groups -OCH3 is 1. The SMILES string of the molecule is C=C(C/C(=C/CCCC)c1ccccc1)C(=O)OC. The van der Waals surface area contributed by atoms with Crippen LogP contribution in [0.2, 0.25) is 0 Å². The zero-order valence-corrected chi connectivity index (χ0v) is 11.8. The molecule has 0 aliphatic rings. The third-order valence-corrected chi connectivity index (χ3v) is 2.97. The average molecular weight is 258 g/mol. The molecule has 0 amide bonds. The van der Waals surface area contributed by atoms with Gasteiger partial charge in [-0.3, -0.25) is 0 Å². The van der Waals surface area contributed by atoms with Gasteiger partial charge in [-0.05, 0) is 17.6 Å². The third kappa shape index (κ3) is 5.12. The topological polar surface area (TPSA) is 26.3 Å². The van der Waals surface area contributed by atoms with Gasteiger partial charge in [0.05, 0.1) is 7.11 Å². The highest BCUT2D eigenvalue weighted by molar-refractivity contribution is 5.90. The maximum atomic E-state index is 11.5. The minimum Gasteiger partial charge on any atom is -0.466 e. The molecule has 0 spiro atoms. The van der Waals surface area contributed by atoms with Crippen molar-refractivity contribution in [1.82, 2.24) is 0 Å². The van der Waals surface area contributed by atoms with Crippen LogP contribution in [0.4, 0.5) is 0 Å². The molecule has 0 heterocycles. The summed E-state index contributed by atoms with van der Waals surface area (Å²) in [5, 5.41) is 0. The van der Waals surface area contributed by atoms with Crippen LogP contribution in [0.1, 0.15) is 38.2 Å². The Bertz CT molecular complexity index is 444. The summed E-state index contributed by atoms with van der Waals surface area (Å²) in [7, 11) is 1.39. The van der Waals surface area contributed by atoms with E-state index < -0.39 is 0 Å². The summed E-state index contributed by atoms with van der Waals surface area (Å²) in [6.07, 6.45) is 6.08. The third-order valence-electron chi connectivity index (χ3n) is 2.97. The summed E-state index contributed by atoms with van der Waals surface area (Å²) in [5.41, 5.74) is 2.78. The number of carbonyl (C=O) groups excluding carboxylic acids is 1. The van der Waals surface area contributed by atoms with E-state index in [0.717, 1.165) is 30.4 Å². The second-order valence-corrected chi connectivity index (χ2v) is 4.51. The molecule has 1 rings (SSSR count). The van der Waals surface area contributed by atoms with E-state index in [2.05, 4.69) is 31.7 Å². The second kappa shape index (κ2) is 8.30. The van der Waals surface area contributed by atoms with Crippen molar-refractivity contribution in [1.29, 1.82) is 0 Å². The summed E-state index contributed by atoms with van der Waals surface area (Å²) in [6.45, 7) is 5.97. The van der Waals surface area contributed by atoms with Crippen LogP contribution in [0.25, 0.3) is 5.57 Å². The highest BCUT2D eigenvalue weighted by Gasteiger charge is 2.10. The molecule has 2 heteroatoms. The zero-order valence-electron chi connectivity index (χ0n) is 11.8. The second-order valence-electron chi connectivity index (χ2n) is 4.51. The summed E-state index contributed by atoms with van der Waals surface area (Å²) in [4.78, 5) is 11.5. The van der Waals surface area contributed by atoms with Gasteiger partial charge >= 0.3 is 5.97 Å². The first kappa shape index (κ1) is 15.2. The first-order valence-corrected chi connectivity index (χ1v) is 6.69. The molecule has 102 valence electrons. The normalized spacial score (nSPS) is 11.2. The first-order valence-electron chi connectivity index (χ1n) is 6.69. The molecule has 0 atom stereocenters. The van der Waals surface area contributed by atoms with E-state index in [-0.39, 0.29) is 5.97 Å². The molecule has 0 aromatic heterocycles. The monoisotopic (exact) mass is 258 g/mol. The molecule has 0 radical (unpaired) electrons. The lowest BCUT2D eigenvalue weighted by atomic mass is 9.97. The molecule has 0 aliphatic carbocycles. The molecule has 1 aromatic rings. The Hall–Kier alpha value is -1.83. The van der Waals surface area contributed by atoms with Gasteiger partial charge in [0.25, 0.3) is 0 Å². The van der Waals surface area contributed by atoms with Crippen molar-refractivity contribution in [3.8, 4) is 0 Å². The number of esters is 1. The van der Waals surface area contributed by atoms with Crippen molar-refractivity contribution in [2.75, 3.05) is 7.11 Å². The van der Waals surface area contributed by atoms with Crippen LogP contribution in [0.5, 0.6) is 0 Å². The lowest BCUT2D eigenvalue weighted by Crippen LogP contribution is -2.04. The lowest BCUT2D eigenvalue weighted by molar-refractivity contribution is -0.136. The van der Waals surface area contributed by atoms with E-state index in [1.54, 1.807) is 0 Å². The molecule has 0 aliphatic heterocycles. The molecule has 1 aromatic carbocycles. The Morgan fingerprint density at radius 1 is 1.32 bits per heavy atom. The van der Waals surface area contributed by atoms with Gasteiger partial charge < -0.3 is 4.74 Å². The molecular formula is C17H22O2. The Morgan fingerprint density at radius 3 is 2.58 bits per heavy atom. The first-order chi connectivity index (χ1) is 9.19. The zero-order chi connectivity index (χ0) is 14.1. The molecule has 0 N–H and O–H groups in total. The molecule has 0 unspecified atom stereocenters. The van der Waals surface area contributed by atoms with E-state index in [0.29, 0.717) is 12.0 Å². The quantitative estimate of drug-likeness (QED) is 0.412. The van der Waals surface area contributed by atoms with Gasteiger partial charge in [-0.25, -0.2) is 4.79 Å². The number of carbonyl (C=O) groups is 1. The van der Waals surface area contributed by atoms with Crippen molar-refractivity contribution in [2.45, 2.75) is 32.6 Å². The molecule has 19 heavy (non-hydrogen) atoms. The molecule has 2 nitrogen and oxygen atoms in total. The van der Waals surface area contributed by atoms with Crippen LogP contribution in [-0.2, 0) is 9.53 Å². The number of allylic oxidation sites excluding steroid dienone is 2. The average Bonchev–Trinajstić information content (AvgIpc) is 2.46. The number of benzene rings is 1. The van der Waals surface area contributed by atoms with Gasteiger partial charge in [0.15, 0.2) is 0 Å². The fourth-order valence-corrected chi connectivity index (χ4v) is 1.87. The van der Waals surface area contributed by atoms with E-state index >= 15 is 0 Å². The van der Waals surface area contributed by atoms with Crippen molar-refractivity contribution >= 4 is 11.5 Å². The van der Waals surface area contributed by atoms with Crippen LogP contribution >= 0.6 is 0 Å². The smallest absolute Gasteiger partial charge is 0.333 e. The van der Waals surface area contributed by atoms with Gasteiger partial charge in [0, 0.05) is 12.0 Å². The molecule has 0 bridgehead atoms. The van der Waals surface area contributed by atoms with E-state index in [1.807, 2.05) is 18.2 Å². The van der Waals surface area contributed by atoms with Gasteiger partial charge in [-0.1, -0.05) is 62.8 Å². The molecule has 0 saturated carbocycles. The van der Waals surface area contributed by atoms with Crippen LogP contribution in [0.3, 0.4) is 0 Å². The van der Waals surface area contributed by atoms with Crippen molar-refractivity contribution < 1.29 is 9.53 Å². The van der Waals surface area contributed by atoms with Gasteiger partial charge in [0.2, 0.25) is 0 Å². The van der Waals surface area contributed by atoms with Gasteiger partial charge in [0.1, 0.15) is 0 Å². The van der Waals surface area contributed by atoms with Crippen LogP contribution in [0.15, 0.2) is 48.6 Å². The Balaban J connectivity index is 2.84. The largest absolute Gasteiger partial charge is 0.466 e. The predicted molar refractivity (Wildman–Crippen MR) is 79.7 cm³/mol. The Morgan fingerprint density at radius 2 is 2.00 bits per heavy atom. The van der Waals surface area contributed by atoms with Gasteiger partial charge in [-0.15, -0.1) is 0 Å². The fourth-order valence-electron chi connectivity index (χ4n) is 1.87. The van der Waals surface area contributed by atoms with Crippen LogP contribution in [-0.4, -0.2) is 13.1 Å². The summed E-state index contributed by atoms with van der Waals surface area (Å²) in [5.74, 6) is -0.336. The summed E-state index contributed by atoms with van der Waals surface area (Å²) >= 11 is 0. The number of rotatable bonds is 7. The Labute approximate surface area is 115 Å². The van der Waals surface area contributed by atoms with Crippen molar-refractivity contribution in [3.05, 3.63) is 54.1 Å². The Kier molecular flexibility index (Phi) is 6.65. The number of ether oxygens (including phenoxy) is 1. The van der Waals surface area contributed by atoms with E-state index in [4.69, 9.17) is 4.74 Å². The maximum absolute atomic E-state index is 11.5. The highest BCUT2D eigenvalue weighted by Crippen LogP contribution is 2.23. The van der Waals surface area contributed by atoms with Crippen LogP contribution in [0, 0.1) is 0 Å². The molecule has 0 saturated heterocycles. The number of hydrogen-bond acceptors (Lipinski definition) is 2.